The Bertz CT molecular complexity index is 976. The van der Waals surface area contributed by atoms with Gasteiger partial charge in [0.25, 0.3) is 5.91 Å². The van der Waals surface area contributed by atoms with Gasteiger partial charge in [-0.1, -0.05) is 63.6 Å². The van der Waals surface area contributed by atoms with Gasteiger partial charge in [0.15, 0.2) is 11.5 Å². The van der Waals surface area contributed by atoms with Crippen LogP contribution in [-0.4, -0.2) is 37.7 Å². The van der Waals surface area contributed by atoms with E-state index in [0.29, 0.717) is 23.3 Å². The Morgan fingerprint density at radius 2 is 1.60 bits per heavy atom. The molecule has 0 aliphatic heterocycles. The quantitative estimate of drug-likeness (QED) is 0.127. The summed E-state index contributed by atoms with van der Waals surface area (Å²) in [4.78, 5) is 36.1. The number of hydrogen-bond acceptors (Lipinski definition) is 6. The predicted molar refractivity (Wildman–Crippen MR) is 136 cm³/mol. The van der Waals surface area contributed by atoms with Gasteiger partial charge in [-0.05, 0) is 42.3 Å². The van der Waals surface area contributed by atoms with Gasteiger partial charge in [-0.2, -0.15) is 5.10 Å². The van der Waals surface area contributed by atoms with Gasteiger partial charge in [0, 0.05) is 6.42 Å². The molecular weight excluding hydrogens is 446 g/mol. The van der Waals surface area contributed by atoms with Crippen LogP contribution in [-0.2, 0) is 9.59 Å². The number of carbonyl (C=O) groups excluding carboxylic acids is 3. The average molecular weight is 482 g/mol. The Morgan fingerprint density at radius 1 is 0.886 bits per heavy atom. The summed E-state index contributed by atoms with van der Waals surface area (Å²) in [5.41, 5.74) is 3.44. The number of rotatable bonds is 15. The number of unbranched alkanes of at least 4 members (excludes halogenated alkanes) is 6. The van der Waals surface area contributed by atoms with Gasteiger partial charge in [-0.15, -0.1) is 0 Å². The molecule has 0 aromatic heterocycles. The van der Waals surface area contributed by atoms with Gasteiger partial charge in [0.1, 0.15) is 0 Å². The van der Waals surface area contributed by atoms with E-state index in [0.717, 1.165) is 19.3 Å². The Hall–Kier alpha value is -3.68. The zero-order chi connectivity index (χ0) is 25.3. The van der Waals surface area contributed by atoms with Crippen LogP contribution < -0.4 is 20.2 Å². The summed E-state index contributed by atoms with van der Waals surface area (Å²) in [6.07, 6.45) is 9.81. The van der Waals surface area contributed by atoms with E-state index in [4.69, 9.17) is 9.47 Å². The number of ether oxygens (including phenoxy) is 2. The lowest BCUT2D eigenvalue weighted by atomic mass is 10.1. The van der Waals surface area contributed by atoms with Crippen LogP contribution >= 0.6 is 0 Å². The fraction of sp³-hybridized carbons (Fsp3) is 0.407. The highest BCUT2D eigenvalue weighted by molar-refractivity contribution is 5.91. The SMILES string of the molecule is CCCCCCCCCC(=O)NCC(=O)N/N=C\c1ccc(OC(=O)c2ccccc2)c(OC)c1. The molecule has 8 nitrogen and oxygen atoms in total. The van der Waals surface area contributed by atoms with E-state index in [1.165, 1.54) is 39.0 Å². The molecule has 2 N–H and O–H groups in total. The largest absolute Gasteiger partial charge is 0.493 e. The Morgan fingerprint density at radius 3 is 2.31 bits per heavy atom. The molecule has 0 fully saturated rings. The topological polar surface area (TPSA) is 106 Å². The van der Waals surface area contributed by atoms with E-state index in [9.17, 15) is 14.4 Å². The lowest BCUT2D eigenvalue weighted by Crippen LogP contribution is -2.34. The third-order valence-corrected chi connectivity index (χ3v) is 5.26. The number of esters is 1. The fourth-order valence-electron chi connectivity index (χ4n) is 3.31. The van der Waals surface area contributed by atoms with Gasteiger partial charge >= 0.3 is 5.97 Å². The third-order valence-electron chi connectivity index (χ3n) is 5.26. The van der Waals surface area contributed by atoms with Crippen molar-refractivity contribution in [3.63, 3.8) is 0 Å². The first-order chi connectivity index (χ1) is 17.0. The van der Waals surface area contributed by atoms with Gasteiger partial charge in [-0.3, -0.25) is 9.59 Å². The zero-order valence-electron chi connectivity index (χ0n) is 20.5. The first-order valence-electron chi connectivity index (χ1n) is 12.1. The van der Waals surface area contributed by atoms with E-state index in [-0.39, 0.29) is 18.2 Å². The van der Waals surface area contributed by atoms with Crippen LogP contribution in [0.1, 0.15) is 74.2 Å². The molecule has 2 amide bonds. The summed E-state index contributed by atoms with van der Waals surface area (Å²) < 4.78 is 10.7. The molecule has 0 radical (unpaired) electrons. The van der Waals surface area contributed by atoms with Crippen molar-refractivity contribution in [1.82, 2.24) is 10.7 Å². The fourth-order valence-corrected chi connectivity index (χ4v) is 3.31. The summed E-state index contributed by atoms with van der Waals surface area (Å²) in [6.45, 7) is 2.05. The minimum atomic E-state index is -0.494. The lowest BCUT2D eigenvalue weighted by Gasteiger charge is -2.10. The molecular formula is C27H35N3O5. The molecule has 2 aromatic rings. The van der Waals surface area contributed by atoms with Crippen molar-refractivity contribution in [3.05, 3.63) is 59.7 Å². The normalized spacial score (nSPS) is 10.7. The van der Waals surface area contributed by atoms with Crippen LogP contribution in [0.3, 0.4) is 0 Å². The van der Waals surface area contributed by atoms with Crippen molar-refractivity contribution >= 4 is 24.0 Å². The highest BCUT2D eigenvalue weighted by atomic mass is 16.6. The first kappa shape index (κ1) is 27.6. The molecule has 2 rings (SSSR count). The van der Waals surface area contributed by atoms with Gasteiger partial charge in [-0.25, -0.2) is 10.2 Å². The molecule has 0 bridgehead atoms. The zero-order valence-corrected chi connectivity index (χ0v) is 20.5. The molecule has 0 heterocycles. The number of amides is 2. The van der Waals surface area contributed by atoms with Crippen LogP contribution in [0.4, 0.5) is 0 Å². The van der Waals surface area contributed by atoms with E-state index < -0.39 is 11.9 Å². The van der Waals surface area contributed by atoms with Gasteiger partial charge in [0.05, 0.1) is 25.4 Å². The molecule has 0 atom stereocenters. The predicted octanol–water partition coefficient (Wildman–Crippen LogP) is 4.62. The minimum Gasteiger partial charge on any atom is -0.493 e. The summed E-state index contributed by atoms with van der Waals surface area (Å²) in [6, 6.07) is 13.5. The van der Waals surface area contributed by atoms with Gasteiger partial charge < -0.3 is 14.8 Å². The molecule has 0 aliphatic rings. The molecule has 0 saturated heterocycles. The third kappa shape index (κ3) is 10.9. The second-order valence-corrected chi connectivity index (χ2v) is 8.11. The number of methoxy groups -OCH3 is 1. The molecule has 188 valence electrons. The monoisotopic (exact) mass is 481 g/mol. The van der Waals surface area contributed by atoms with Crippen molar-refractivity contribution in [2.45, 2.75) is 58.3 Å². The van der Waals surface area contributed by atoms with Crippen LogP contribution in [0.2, 0.25) is 0 Å². The minimum absolute atomic E-state index is 0.135. The van der Waals surface area contributed by atoms with E-state index in [2.05, 4.69) is 22.8 Å². The molecule has 0 saturated carbocycles. The number of hydrazone groups is 1. The molecule has 0 aliphatic carbocycles. The highest BCUT2D eigenvalue weighted by Crippen LogP contribution is 2.28. The molecule has 0 unspecified atom stereocenters. The summed E-state index contributed by atoms with van der Waals surface area (Å²) in [5, 5.41) is 6.51. The second kappa shape index (κ2) is 16.0. The maximum atomic E-state index is 12.3. The lowest BCUT2D eigenvalue weighted by molar-refractivity contribution is -0.126. The Balaban J connectivity index is 1.72. The van der Waals surface area contributed by atoms with Crippen molar-refractivity contribution in [2.75, 3.05) is 13.7 Å². The summed E-state index contributed by atoms with van der Waals surface area (Å²) in [7, 11) is 1.47. The number of benzene rings is 2. The van der Waals surface area contributed by atoms with Crippen LogP contribution in [0, 0.1) is 0 Å². The van der Waals surface area contributed by atoms with E-state index >= 15 is 0 Å². The standard InChI is InChI=1S/C27H35N3O5/c1-3-4-5-6-7-8-12-15-25(31)28-20-26(32)30-29-19-21-16-17-23(24(18-21)34-2)35-27(33)22-13-10-9-11-14-22/h9-11,13-14,16-19H,3-8,12,15,20H2,1-2H3,(H,28,31)(H,30,32)/b29-19-. The smallest absolute Gasteiger partial charge is 0.343 e. The van der Waals surface area contributed by atoms with Crippen molar-refractivity contribution in [2.24, 2.45) is 5.10 Å². The Labute approximate surface area is 207 Å². The summed E-state index contributed by atoms with van der Waals surface area (Å²) >= 11 is 0. The first-order valence-corrected chi connectivity index (χ1v) is 12.1. The molecule has 8 heteroatoms. The second-order valence-electron chi connectivity index (χ2n) is 8.11. The maximum Gasteiger partial charge on any atom is 0.343 e. The van der Waals surface area contributed by atoms with E-state index in [1.54, 1.807) is 42.5 Å². The van der Waals surface area contributed by atoms with Crippen LogP contribution in [0.15, 0.2) is 53.6 Å². The van der Waals surface area contributed by atoms with Crippen molar-refractivity contribution in [3.8, 4) is 11.5 Å². The van der Waals surface area contributed by atoms with E-state index in [1.807, 2.05) is 6.07 Å². The van der Waals surface area contributed by atoms with Crippen LogP contribution in [0.5, 0.6) is 11.5 Å². The van der Waals surface area contributed by atoms with Crippen molar-refractivity contribution < 1.29 is 23.9 Å². The average Bonchev–Trinajstić information content (AvgIpc) is 2.88. The molecule has 2 aromatic carbocycles. The number of nitrogens with one attached hydrogen (secondary N) is 2. The number of carbonyl (C=O) groups is 3. The van der Waals surface area contributed by atoms with Crippen LogP contribution in [0.25, 0.3) is 0 Å². The molecule has 35 heavy (non-hydrogen) atoms. The van der Waals surface area contributed by atoms with Gasteiger partial charge in [0.2, 0.25) is 5.91 Å². The van der Waals surface area contributed by atoms with Crippen molar-refractivity contribution in [1.29, 1.82) is 0 Å². The Kier molecular flexibility index (Phi) is 12.6. The number of hydrogen-bond donors (Lipinski definition) is 2. The molecule has 0 spiro atoms. The maximum absolute atomic E-state index is 12.3. The summed E-state index contributed by atoms with van der Waals surface area (Å²) in [5.74, 6) is -0.433. The highest BCUT2D eigenvalue weighted by Gasteiger charge is 2.12. The number of nitrogens with zero attached hydrogens (tertiary/aromatic N) is 1.